The maximum atomic E-state index is 12.9. The number of carbonyl (C=O) groups is 1. The summed E-state index contributed by atoms with van der Waals surface area (Å²) in [5.74, 6) is 1.30. The number of rotatable bonds is 5. The van der Waals surface area contributed by atoms with Crippen LogP contribution in [0.2, 0.25) is 0 Å². The standard InChI is InChI=1S/C24H35N9O3/c1-16-15-35-9-8-33(16)23-28-20(17-13-26-22(25)27-14-17)12-21(29-23)36-19-10-18(11-19)31(3)24(34)32-6-4-30(2)5-7-32/h12-14,16,18-19H,4-11,15H2,1-3H3,(H2,25,26,27)/t16-,18?,19?/m0/s1. The van der Waals surface area contributed by atoms with Crippen molar-refractivity contribution in [3.05, 3.63) is 18.5 Å². The van der Waals surface area contributed by atoms with Crippen LogP contribution >= 0.6 is 0 Å². The number of nitrogens with zero attached hydrogens (tertiary/aromatic N) is 8. The maximum absolute atomic E-state index is 12.9. The fourth-order valence-corrected chi connectivity index (χ4v) is 4.74. The van der Waals surface area contributed by atoms with Gasteiger partial charge in [-0.05, 0) is 14.0 Å². The molecular weight excluding hydrogens is 462 g/mol. The van der Waals surface area contributed by atoms with E-state index in [9.17, 15) is 4.79 Å². The van der Waals surface area contributed by atoms with Gasteiger partial charge < -0.3 is 34.8 Å². The molecule has 2 aromatic heterocycles. The van der Waals surface area contributed by atoms with Gasteiger partial charge in [0.05, 0.1) is 24.9 Å². The average Bonchev–Trinajstić information content (AvgIpc) is 2.86. The molecular formula is C24H35N9O3. The first kappa shape index (κ1) is 24.4. The molecule has 1 atom stereocenters. The molecule has 5 rings (SSSR count). The monoisotopic (exact) mass is 497 g/mol. The first-order valence-electron chi connectivity index (χ1n) is 12.6. The Balaban J connectivity index is 1.27. The number of aromatic nitrogens is 4. The number of carbonyl (C=O) groups excluding carboxylic acids is 1. The number of hydrogen-bond donors (Lipinski definition) is 1. The molecule has 1 aliphatic carbocycles. The topological polar surface area (TPSA) is 126 Å². The number of nitrogen functional groups attached to an aromatic ring is 1. The molecule has 12 heteroatoms. The van der Waals surface area contributed by atoms with Crippen molar-refractivity contribution >= 4 is 17.9 Å². The number of likely N-dealkylation sites (N-methyl/N-ethyl adjacent to an activating group) is 1. The van der Waals surface area contributed by atoms with Crippen molar-refractivity contribution in [1.82, 2.24) is 34.6 Å². The molecule has 4 heterocycles. The SMILES string of the molecule is C[C@H]1COCCN1c1nc(OC2CC(N(C)C(=O)N3CCN(C)CC3)C2)cc(-c2cnc(N)nc2)n1. The van der Waals surface area contributed by atoms with Crippen LogP contribution in [0.15, 0.2) is 18.5 Å². The first-order chi connectivity index (χ1) is 17.4. The summed E-state index contributed by atoms with van der Waals surface area (Å²) in [6, 6.07) is 2.22. The van der Waals surface area contributed by atoms with Gasteiger partial charge in [0.2, 0.25) is 17.8 Å². The van der Waals surface area contributed by atoms with Crippen LogP contribution in [0.25, 0.3) is 11.3 Å². The van der Waals surface area contributed by atoms with Crippen LogP contribution in [0.5, 0.6) is 5.88 Å². The fourth-order valence-electron chi connectivity index (χ4n) is 4.74. The largest absolute Gasteiger partial charge is 0.474 e. The second-order valence-corrected chi connectivity index (χ2v) is 9.89. The molecule has 36 heavy (non-hydrogen) atoms. The molecule has 0 spiro atoms. The molecule has 0 aromatic carbocycles. The van der Waals surface area contributed by atoms with Gasteiger partial charge in [-0.2, -0.15) is 4.98 Å². The Morgan fingerprint density at radius 3 is 2.56 bits per heavy atom. The number of amides is 2. The third-order valence-electron chi connectivity index (χ3n) is 7.26. The van der Waals surface area contributed by atoms with Crippen LogP contribution in [0.4, 0.5) is 16.7 Å². The number of anilines is 2. The van der Waals surface area contributed by atoms with Crippen LogP contribution < -0.4 is 15.4 Å². The van der Waals surface area contributed by atoms with Gasteiger partial charge in [0.25, 0.3) is 0 Å². The van der Waals surface area contributed by atoms with E-state index in [0.29, 0.717) is 37.3 Å². The molecule has 2 saturated heterocycles. The van der Waals surface area contributed by atoms with Crippen LogP contribution in [0, 0.1) is 0 Å². The van der Waals surface area contributed by atoms with E-state index in [0.717, 1.165) is 44.6 Å². The van der Waals surface area contributed by atoms with E-state index in [2.05, 4.69) is 33.7 Å². The Labute approximate surface area is 211 Å². The highest BCUT2D eigenvalue weighted by molar-refractivity contribution is 5.74. The molecule has 194 valence electrons. The Hall–Kier alpha value is -3.25. The molecule has 2 amide bonds. The number of ether oxygens (including phenoxy) is 2. The Bertz CT molecular complexity index is 1060. The third-order valence-corrected chi connectivity index (χ3v) is 7.26. The van der Waals surface area contributed by atoms with E-state index in [1.54, 1.807) is 12.4 Å². The summed E-state index contributed by atoms with van der Waals surface area (Å²) < 4.78 is 11.9. The third kappa shape index (κ3) is 5.29. The smallest absolute Gasteiger partial charge is 0.320 e. The van der Waals surface area contributed by atoms with E-state index in [1.165, 1.54) is 0 Å². The highest BCUT2D eigenvalue weighted by Crippen LogP contribution is 2.32. The Morgan fingerprint density at radius 1 is 1.14 bits per heavy atom. The van der Waals surface area contributed by atoms with Crippen LogP contribution in [0.3, 0.4) is 0 Å². The summed E-state index contributed by atoms with van der Waals surface area (Å²) in [5, 5.41) is 0. The summed E-state index contributed by atoms with van der Waals surface area (Å²) in [6.07, 6.45) is 4.82. The van der Waals surface area contributed by atoms with Crippen molar-refractivity contribution in [3.8, 4) is 17.1 Å². The van der Waals surface area contributed by atoms with Crippen molar-refractivity contribution in [2.24, 2.45) is 0 Å². The van der Waals surface area contributed by atoms with Gasteiger partial charge in [-0.1, -0.05) is 0 Å². The van der Waals surface area contributed by atoms with Gasteiger partial charge in [-0.25, -0.2) is 19.7 Å². The highest BCUT2D eigenvalue weighted by Gasteiger charge is 2.38. The Kier molecular flexibility index (Phi) is 7.06. The van der Waals surface area contributed by atoms with Gasteiger partial charge >= 0.3 is 6.03 Å². The number of nitrogens with two attached hydrogens (primary N) is 1. The molecule has 3 aliphatic rings. The lowest BCUT2D eigenvalue weighted by molar-refractivity contribution is 0.0294. The Morgan fingerprint density at radius 2 is 1.86 bits per heavy atom. The molecule has 2 aliphatic heterocycles. The predicted molar refractivity (Wildman–Crippen MR) is 135 cm³/mol. The number of piperazine rings is 1. The number of morpholine rings is 1. The van der Waals surface area contributed by atoms with Gasteiger partial charge in [0, 0.05) is 82.7 Å². The number of urea groups is 1. The predicted octanol–water partition coefficient (Wildman–Crippen LogP) is 0.950. The molecule has 12 nitrogen and oxygen atoms in total. The van der Waals surface area contributed by atoms with Crippen LogP contribution in [-0.2, 0) is 4.74 Å². The van der Waals surface area contributed by atoms with Crippen molar-refractivity contribution in [1.29, 1.82) is 0 Å². The van der Waals surface area contributed by atoms with Gasteiger partial charge in [0.15, 0.2) is 0 Å². The summed E-state index contributed by atoms with van der Waals surface area (Å²) in [6.45, 7) is 7.40. The second-order valence-electron chi connectivity index (χ2n) is 9.89. The lowest BCUT2D eigenvalue weighted by Gasteiger charge is -2.43. The zero-order chi connectivity index (χ0) is 25.2. The van der Waals surface area contributed by atoms with Crippen molar-refractivity contribution in [2.75, 3.05) is 70.7 Å². The van der Waals surface area contributed by atoms with Crippen LogP contribution in [-0.4, -0.2) is 119 Å². The molecule has 2 N–H and O–H groups in total. The van der Waals surface area contributed by atoms with E-state index >= 15 is 0 Å². The molecule has 0 radical (unpaired) electrons. The summed E-state index contributed by atoms with van der Waals surface area (Å²) in [7, 11) is 3.98. The molecule has 0 bridgehead atoms. The first-order valence-corrected chi connectivity index (χ1v) is 12.6. The highest BCUT2D eigenvalue weighted by atomic mass is 16.5. The maximum Gasteiger partial charge on any atom is 0.320 e. The molecule has 0 unspecified atom stereocenters. The minimum Gasteiger partial charge on any atom is -0.474 e. The lowest BCUT2D eigenvalue weighted by Crippen LogP contribution is -2.56. The quantitative estimate of drug-likeness (QED) is 0.638. The minimum absolute atomic E-state index is 0.0156. The normalized spacial score (nSPS) is 24.8. The molecule has 3 fully saturated rings. The summed E-state index contributed by atoms with van der Waals surface area (Å²) >= 11 is 0. The zero-order valence-corrected chi connectivity index (χ0v) is 21.2. The second kappa shape index (κ2) is 10.4. The summed E-state index contributed by atoms with van der Waals surface area (Å²) in [4.78, 5) is 38.8. The van der Waals surface area contributed by atoms with Crippen molar-refractivity contribution in [3.63, 3.8) is 0 Å². The van der Waals surface area contributed by atoms with Gasteiger partial charge in [-0.15, -0.1) is 0 Å². The lowest BCUT2D eigenvalue weighted by atomic mass is 9.88. The minimum atomic E-state index is -0.0156. The van der Waals surface area contributed by atoms with Gasteiger partial charge in [0.1, 0.15) is 6.10 Å². The van der Waals surface area contributed by atoms with E-state index in [1.807, 2.05) is 22.9 Å². The van der Waals surface area contributed by atoms with Gasteiger partial charge in [-0.3, -0.25) is 0 Å². The van der Waals surface area contributed by atoms with E-state index in [-0.39, 0.29) is 30.2 Å². The van der Waals surface area contributed by atoms with Crippen LogP contribution in [0.1, 0.15) is 19.8 Å². The van der Waals surface area contributed by atoms with Crippen molar-refractivity contribution in [2.45, 2.75) is 38.0 Å². The van der Waals surface area contributed by atoms with Crippen molar-refractivity contribution < 1.29 is 14.3 Å². The fraction of sp³-hybridized carbons (Fsp3) is 0.625. The summed E-state index contributed by atoms with van der Waals surface area (Å²) in [5.41, 5.74) is 7.08. The zero-order valence-electron chi connectivity index (χ0n) is 21.2. The molecule has 1 saturated carbocycles. The number of hydrogen-bond acceptors (Lipinski definition) is 10. The van der Waals surface area contributed by atoms with E-state index < -0.39 is 0 Å². The average molecular weight is 498 g/mol. The van der Waals surface area contributed by atoms with E-state index in [4.69, 9.17) is 25.2 Å². The molecule has 2 aromatic rings.